The molecule has 402 valence electrons. The molecule has 0 aliphatic rings. The normalized spacial score (nSPS) is 11.8. The van der Waals surface area contributed by atoms with Crippen LogP contribution < -0.4 is 17.6 Å². The zero-order chi connectivity index (χ0) is 55.9. The van der Waals surface area contributed by atoms with E-state index in [2.05, 4.69) is 14.7 Å². The second kappa shape index (κ2) is 23.5. The zero-order valence-corrected chi connectivity index (χ0v) is 46.4. The molecule has 0 spiro atoms. The standard InChI is InChI=1S/C28H29N3O6S2.C27H27N3O6S2/c1-5-37-27(32)19-31(39(35,36)23-16-12-21(3)13-17-23)28-25-9-7-6-8-24(25)26(18-29-28)30(4)38(33,34)22-14-10-20(2)11-15-22;1-4-36-26(31)18-30(38(34,35)22-15-11-20(3)12-16-22)27-24-8-6-5-7-23(24)25(17-28-27)29-37(32,33)21-13-9-19(2)10-14-21/h6-18H,5,19H2,1-4H3;5-17,29H,4,18H2,1-3H3. The zero-order valence-electron chi connectivity index (χ0n) is 43.1. The van der Waals surface area contributed by atoms with E-state index in [1.807, 2.05) is 27.7 Å². The Morgan fingerprint density at radius 1 is 0.455 bits per heavy atom. The van der Waals surface area contributed by atoms with Crippen molar-refractivity contribution in [3.05, 3.63) is 180 Å². The lowest BCUT2D eigenvalue weighted by Gasteiger charge is -2.26. The fourth-order valence-electron chi connectivity index (χ4n) is 7.86. The van der Waals surface area contributed by atoms with Gasteiger partial charge in [0.25, 0.3) is 40.1 Å². The molecule has 1 N–H and O–H groups in total. The molecule has 2 heterocycles. The summed E-state index contributed by atoms with van der Waals surface area (Å²) in [6.45, 7) is 9.56. The molecule has 18 nitrogen and oxygen atoms in total. The largest absolute Gasteiger partial charge is 0.465 e. The van der Waals surface area contributed by atoms with Crippen molar-refractivity contribution in [3.8, 4) is 0 Å². The van der Waals surface area contributed by atoms with Gasteiger partial charge in [-0.1, -0.05) is 119 Å². The van der Waals surface area contributed by atoms with Crippen LogP contribution in [0.25, 0.3) is 21.5 Å². The van der Waals surface area contributed by atoms with E-state index in [0.717, 1.165) is 35.2 Å². The molecule has 2 aromatic heterocycles. The predicted octanol–water partition coefficient (Wildman–Crippen LogP) is 8.85. The Kier molecular flexibility index (Phi) is 17.4. The van der Waals surface area contributed by atoms with Crippen molar-refractivity contribution in [1.29, 1.82) is 0 Å². The smallest absolute Gasteiger partial charge is 0.326 e. The maximum absolute atomic E-state index is 13.8. The van der Waals surface area contributed by atoms with Crippen molar-refractivity contribution in [3.63, 3.8) is 0 Å². The Morgan fingerprint density at radius 2 is 0.792 bits per heavy atom. The van der Waals surface area contributed by atoms with Gasteiger partial charge in [0.05, 0.1) is 56.6 Å². The van der Waals surface area contributed by atoms with Gasteiger partial charge in [-0.15, -0.1) is 0 Å². The lowest BCUT2D eigenvalue weighted by Crippen LogP contribution is -2.37. The molecule has 0 saturated carbocycles. The minimum Gasteiger partial charge on any atom is -0.465 e. The molecule has 0 unspecified atom stereocenters. The topological polar surface area (TPSA) is 237 Å². The Hall–Kier alpha value is -7.92. The van der Waals surface area contributed by atoms with Crippen LogP contribution in [0, 0.1) is 27.7 Å². The van der Waals surface area contributed by atoms with Crippen LogP contribution in [-0.4, -0.2) is 88.9 Å². The van der Waals surface area contributed by atoms with Gasteiger partial charge in [-0.05, 0) is 90.1 Å². The molecule has 0 radical (unpaired) electrons. The highest BCUT2D eigenvalue weighted by molar-refractivity contribution is 7.93. The van der Waals surface area contributed by atoms with Gasteiger partial charge in [-0.3, -0.25) is 18.6 Å². The number of carbonyl (C=O) groups excluding carboxylic acids is 2. The fourth-order valence-corrected chi connectivity index (χ4v) is 12.9. The van der Waals surface area contributed by atoms with Gasteiger partial charge >= 0.3 is 11.9 Å². The maximum atomic E-state index is 13.8. The van der Waals surface area contributed by atoms with Crippen molar-refractivity contribution in [1.82, 2.24) is 9.97 Å². The predicted molar refractivity (Wildman–Crippen MR) is 297 cm³/mol. The number of benzene rings is 6. The molecule has 22 heteroatoms. The third kappa shape index (κ3) is 12.7. The molecule has 77 heavy (non-hydrogen) atoms. The third-order valence-electron chi connectivity index (χ3n) is 12.0. The van der Waals surface area contributed by atoms with E-state index in [1.165, 1.54) is 68.0 Å². The number of esters is 2. The first-order valence-electron chi connectivity index (χ1n) is 23.9. The average molecular weight is 1120 g/mol. The van der Waals surface area contributed by atoms with Crippen LogP contribution in [0.2, 0.25) is 0 Å². The average Bonchev–Trinajstić information content (AvgIpc) is 3.40. The van der Waals surface area contributed by atoms with Gasteiger partial charge in [-0.2, -0.15) is 0 Å². The highest BCUT2D eigenvalue weighted by atomic mass is 32.2. The molecule has 0 amide bonds. The molecule has 6 aromatic carbocycles. The Bertz CT molecular complexity index is 3920. The second-order valence-electron chi connectivity index (χ2n) is 17.5. The summed E-state index contributed by atoms with van der Waals surface area (Å²) in [6.07, 6.45) is 2.54. The fraction of sp³-hybridized carbons (Fsp3) is 0.200. The number of ether oxygens (including phenoxy) is 2. The lowest BCUT2D eigenvalue weighted by atomic mass is 10.1. The molecular formula is C55H56N6O12S4. The molecule has 0 atom stereocenters. The monoisotopic (exact) mass is 1120 g/mol. The minimum atomic E-state index is -4.25. The number of aromatic nitrogens is 2. The SMILES string of the molecule is CCOC(=O)CN(c1ncc(N(C)S(=O)(=O)c2ccc(C)cc2)c2ccccc12)S(=O)(=O)c1ccc(C)cc1.CCOC(=O)CN(c1ncc(NS(=O)(=O)c2ccc(C)cc2)c2ccccc12)S(=O)(=O)c1ccc(C)cc1. The van der Waals surface area contributed by atoms with E-state index >= 15 is 0 Å². The van der Waals surface area contributed by atoms with Crippen molar-refractivity contribution in [2.24, 2.45) is 0 Å². The molecule has 8 aromatic rings. The highest BCUT2D eigenvalue weighted by Gasteiger charge is 2.33. The number of aryl methyl sites for hydroxylation is 4. The summed E-state index contributed by atoms with van der Waals surface area (Å²) in [7, 11) is -15.0. The summed E-state index contributed by atoms with van der Waals surface area (Å²) in [4.78, 5) is 33.9. The second-order valence-corrected chi connectivity index (χ2v) is 24.9. The van der Waals surface area contributed by atoms with Crippen molar-refractivity contribution in [2.45, 2.75) is 61.1 Å². The van der Waals surface area contributed by atoms with Crippen LogP contribution >= 0.6 is 0 Å². The number of hydrogen-bond acceptors (Lipinski definition) is 14. The third-order valence-corrected chi connectivity index (χ3v) is 18.6. The van der Waals surface area contributed by atoms with E-state index in [-0.39, 0.29) is 55.8 Å². The number of fused-ring (bicyclic) bond motifs is 2. The Labute approximate surface area is 449 Å². The molecule has 8 rings (SSSR count). The van der Waals surface area contributed by atoms with Crippen LogP contribution in [0.4, 0.5) is 23.0 Å². The first-order valence-corrected chi connectivity index (χ1v) is 29.7. The number of nitrogens with one attached hydrogen (secondary N) is 1. The Balaban J connectivity index is 0.000000224. The van der Waals surface area contributed by atoms with Gasteiger partial charge in [0.2, 0.25) is 0 Å². The number of pyridine rings is 2. The molecular weight excluding hydrogens is 1060 g/mol. The van der Waals surface area contributed by atoms with E-state index in [1.54, 1.807) is 111 Å². The summed E-state index contributed by atoms with van der Waals surface area (Å²) < 4.78 is 124. The molecule has 0 saturated heterocycles. The van der Waals surface area contributed by atoms with Gasteiger partial charge in [0, 0.05) is 28.6 Å². The van der Waals surface area contributed by atoms with Gasteiger partial charge in [0.1, 0.15) is 13.1 Å². The lowest BCUT2D eigenvalue weighted by molar-refractivity contribution is -0.142. The van der Waals surface area contributed by atoms with E-state index < -0.39 is 65.1 Å². The van der Waals surface area contributed by atoms with Crippen LogP contribution in [0.15, 0.2) is 178 Å². The summed E-state index contributed by atoms with van der Waals surface area (Å²) in [5, 5.41) is 1.52. The summed E-state index contributed by atoms with van der Waals surface area (Å²) in [5.41, 5.74) is 3.99. The number of sulfonamides is 4. The van der Waals surface area contributed by atoms with Gasteiger partial charge in [-0.25, -0.2) is 52.2 Å². The molecule has 0 aliphatic heterocycles. The summed E-state index contributed by atoms with van der Waals surface area (Å²) in [5.74, 6) is -1.56. The van der Waals surface area contributed by atoms with Crippen molar-refractivity contribution in [2.75, 3.05) is 51.0 Å². The summed E-state index contributed by atoms with van der Waals surface area (Å²) in [6, 6.07) is 38.7. The van der Waals surface area contributed by atoms with E-state index in [4.69, 9.17) is 9.47 Å². The van der Waals surface area contributed by atoms with E-state index in [0.29, 0.717) is 21.5 Å². The van der Waals surface area contributed by atoms with E-state index in [9.17, 15) is 43.3 Å². The number of nitrogens with zero attached hydrogens (tertiary/aromatic N) is 5. The molecule has 0 bridgehead atoms. The van der Waals surface area contributed by atoms with Crippen LogP contribution in [0.3, 0.4) is 0 Å². The quantitative estimate of drug-likeness (QED) is 0.0791. The van der Waals surface area contributed by atoms with Gasteiger partial charge < -0.3 is 9.47 Å². The maximum Gasteiger partial charge on any atom is 0.326 e. The van der Waals surface area contributed by atoms with Crippen LogP contribution in [-0.2, 0) is 59.2 Å². The summed E-state index contributed by atoms with van der Waals surface area (Å²) >= 11 is 0. The number of carbonyl (C=O) groups is 2. The van der Waals surface area contributed by atoms with Crippen molar-refractivity contribution < 1.29 is 52.7 Å². The minimum absolute atomic E-state index is 0.0218. The van der Waals surface area contributed by atoms with Crippen molar-refractivity contribution >= 4 is 96.6 Å². The van der Waals surface area contributed by atoms with Crippen LogP contribution in [0.5, 0.6) is 0 Å². The number of rotatable bonds is 18. The van der Waals surface area contributed by atoms with Gasteiger partial charge in [0.15, 0.2) is 11.6 Å². The first-order chi connectivity index (χ1) is 36.5. The van der Waals surface area contributed by atoms with Crippen LogP contribution in [0.1, 0.15) is 36.1 Å². The number of hydrogen-bond donors (Lipinski definition) is 1. The number of anilines is 4. The Morgan fingerprint density at radius 3 is 1.19 bits per heavy atom. The highest BCUT2D eigenvalue weighted by Crippen LogP contribution is 2.37. The first kappa shape index (κ1) is 56.8. The molecule has 0 aliphatic carbocycles. The molecule has 0 fully saturated rings.